The van der Waals surface area contributed by atoms with Crippen molar-refractivity contribution in [2.24, 2.45) is 11.8 Å². The molecule has 0 spiro atoms. The number of nitrogens with zero attached hydrogens (tertiary/aromatic N) is 1. The first-order chi connectivity index (χ1) is 9.18. The van der Waals surface area contributed by atoms with Gasteiger partial charge in [-0.3, -0.25) is 14.5 Å². The Balaban J connectivity index is 1.85. The normalized spacial score (nSPS) is 32.8. The number of aliphatic hydroxyl groups is 1. The first kappa shape index (κ1) is 12.9. The van der Waals surface area contributed by atoms with Crippen molar-refractivity contribution in [2.75, 3.05) is 19.6 Å². The predicted octanol–water partition coefficient (Wildman–Crippen LogP) is 1.85. The van der Waals surface area contributed by atoms with Crippen molar-refractivity contribution in [3.63, 3.8) is 0 Å². The molecule has 2 aliphatic carbocycles. The maximum absolute atomic E-state index is 12.5. The van der Waals surface area contributed by atoms with Crippen LogP contribution < -0.4 is 0 Å². The molecule has 1 N–H and O–H groups in total. The van der Waals surface area contributed by atoms with Gasteiger partial charge in [0.1, 0.15) is 0 Å². The van der Waals surface area contributed by atoms with E-state index in [4.69, 9.17) is 0 Å². The van der Waals surface area contributed by atoms with E-state index in [1.807, 2.05) is 0 Å². The number of ketones is 2. The van der Waals surface area contributed by atoms with Crippen LogP contribution in [-0.4, -0.2) is 41.2 Å². The van der Waals surface area contributed by atoms with Crippen LogP contribution in [0.3, 0.4) is 0 Å². The molecule has 1 heterocycles. The summed E-state index contributed by atoms with van der Waals surface area (Å²) in [4.78, 5) is 26.9. The molecule has 104 valence electrons. The summed E-state index contributed by atoms with van der Waals surface area (Å²) in [6.45, 7) is 2.39. The fourth-order valence-electron chi connectivity index (χ4n) is 3.74. The predicted molar refractivity (Wildman–Crippen MR) is 70.8 cm³/mol. The lowest BCUT2D eigenvalue weighted by Crippen LogP contribution is -2.42. The van der Waals surface area contributed by atoms with Gasteiger partial charge in [0.15, 0.2) is 11.5 Å². The van der Waals surface area contributed by atoms with Gasteiger partial charge in [0.2, 0.25) is 5.78 Å². The highest BCUT2D eigenvalue weighted by atomic mass is 16.3. The number of rotatable bonds is 2. The number of hydrogen-bond donors (Lipinski definition) is 1. The molecule has 19 heavy (non-hydrogen) atoms. The van der Waals surface area contributed by atoms with Crippen molar-refractivity contribution in [1.29, 1.82) is 0 Å². The van der Waals surface area contributed by atoms with Crippen LogP contribution in [0.25, 0.3) is 0 Å². The minimum absolute atomic E-state index is 0.0358. The Morgan fingerprint density at radius 1 is 0.947 bits per heavy atom. The van der Waals surface area contributed by atoms with Crippen LogP contribution in [-0.2, 0) is 9.59 Å². The molecule has 2 atom stereocenters. The van der Waals surface area contributed by atoms with Crippen molar-refractivity contribution in [3.05, 3.63) is 11.3 Å². The number of carbonyl (C=O) groups is 2. The van der Waals surface area contributed by atoms with Gasteiger partial charge >= 0.3 is 0 Å². The molecule has 3 rings (SSSR count). The first-order valence-corrected chi connectivity index (χ1v) is 7.41. The molecule has 3 aliphatic rings. The molecule has 0 bridgehead atoms. The third kappa shape index (κ3) is 2.22. The van der Waals surface area contributed by atoms with Crippen LogP contribution in [0.1, 0.15) is 38.5 Å². The summed E-state index contributed by atoms with van der Waals surface area (Å²) >= 11 is 0. The standard InChI is InChI=1S/C15H21NO3/c17-13-10-5-1-2-6-11(10)14(18)15(19)12(13)9-16-7-3-4-8-16/h10-11,19H,1-9H2. The van der Waals surface area contributed by atoms with Gasteiger partial charge in [-0.15, -0.1) is 0 Å². The van der Waals surface area contributed by atoms with E-state index in [1.165, 1.54) is 0 Å². The Morgan fingerprint density at radius 2 is 1.53 bits per heavy atom. The van der Waals surface area contributed by atoms with Crippen LogP contribution >= 0.6 is 0 Å². The van der Waals surface area contributed by atoms with Crippen molar-refractivity contribution >= 4 is 11.6 Å². The highest BCUT2D eigenvalue weighted by molar-refractivity contribution is 6.12. The minimum Gasteiger partial charge on any atom is -0.504 e. The molecule has 4 heteroatoms. The number of Topliss-reactive ketones (excluding diaryl/α,β-unsaturated/α-hetero) is 2. The Labute approximate surface area is 113 Å². The topological polar surface area (TPSA) is 57.6 Å². The van der Waals surface area contributed by atoms with Crippen LogP contribution in [0.4, 0.5) is 0 Å². The summed E-state index contributed by atoms with van der Waals surface area (Å²) in [6, 6.07) is 0. The molecule has 4 nitrogen and oxygen atoms in total. The summed E-state index contributed by atoms with van der Waals surface area (Å²) in [5.74, 6) is -0.787. The zero-order valence-electron chi connectivity index (χ0n) is 11.2. The molecule has 2 fully saturated rings. The van der Waals surface area contributed by atoms with E-state index in [2.05, 4.69) is 4.90 Å². The maximum Gasteiger partial charge on any atom is 0.201 e. The van der Waals surface area contributed by atoms with Crippen LogP contribution in [0.15, 0.2) is 11.3 Å². The fourth-order valence-corrected chi connectivity index (χ4v) is 3.74. The molecule has 2 unspecified atom stereocenters. The molecule has 0 amide bonds. The molecule has 1 aliphatic heterocycles. The van der Waals surface area contributed by atoms with E-state index in [9.17, 15) is 14.7 Å². The van der Waals surface area contributed by atoms with Gasteiger partial charge in [-0.05, 0) is 38.8 Å². The third-order valence-electron chi connectivity index (χ3n) is 4.84. The monoisotopic (exact) mass is 263 g/mol. The lowest BCUT2D eigenvalue weighted by Gasteiger charge is -2.34. The molecule has 1 saturated heterocycles. The second kappa shape index (κ2) is 5.08. The minimum atomic E-state index is -0.247. The van der Waals surface area contributed by atoms with Crippen molar-refractivity contribution in [3.8, 4) is 0 Å². The highest BCUT2D eigenvalue weighted by Gasteiger charge is 2.44. The molecule has 0 aromatic carbocycles. The van der Waals surface area contributed by atoms with Gasteiger partial charge in [0, 0.05) is 18.4 Å². The average Bonchev–Trinajstić information content (AvgIpc) is 2.94. The van der Waals surface area contributed by atoms with Crippen LogP contribution in [0.5, 0.6) is 0 Å². The highest BCUT2D eigenvalue weighted by Crippen LogP contribution is 2.38. The number of carbonyl (C=O) groups excluding carboxylic acids is 2. The summed E-state index contributed by atoms with van der Waals surface area (Å²) in [6.07, 6.45) is 5.87. The zero-order valence-corrected chi connectivity index (χ0v) is 11.2. The van der Waals surface area contributed by atoms with Crippen LogP contribution in [0.2, 0.25) is 0 Å². The smallest absolute Gasteiger partial charge is 0.201 e. The van der Waals surface area contributed by atoms with Crippen molar-refractivity contribution < 1.29 is 14.7 Å². The summed E-state index contributed by atoms with van der Waals surface area (Å²) in [5.41, 5.74) is 0.384. The number of aliphatic hydroxyl groups excluding tert-OH is 1. The molecular weight excluding hydrogens is 242 g/mol. The quantitative estimate of drug-likeness (QED) is 0.826. The lowest BCUT2D eigenvalue weighted by atomic mass is 9.69. The Bertz CT molecular complexity index is 435. The summed E-state index contributed by atoms with van der Waals surface area (Å²) < 4.78 is 0. The Kier molecular flexibility index (Phi) is 3.44. The largest absolute Gasteiger partial charge is 0.504 e. The van der Waals surface area contributed by atoms with E-state index in [-0.39, 0.29) is 29.2 Å². The second-order valence-electron chi connectivity index (χ2n) is 6.04. The number of likely N-dealkylation sites (tertiary alicyclic amines) is 1. The van der Waals surface area contributed by atoms with Gasteiger partial charge in [-0.2, -0.15) is 0 Å². The number of allylic oxidation sites excluding steroid dienone is 1. The van der Waals surface area contributed by atoms with Crippen molar-refractivity contribution in [2.45, 2.75) is 38.5 Å². The van der Waals surface area contributed by atoms with E-state index >= 15 is 0 Å². The van der Waals surface area contributed by atoms with Crippen LogP contribution in [0, 0.1) is 11.8 Å². The number of hydrogen-bond acceptors (Lipinski definition) is 4. The average molecular weight is 263 g/mol. The van der Waals surface area contributed by atoms with E-state index in [1.54, 1.807) is 0 Å². The zero-order chi connectivity index (χ0) is 13.4. The second-order valence-corrected chi connectivity index (χ2v) is 6.04. The van der Waals surface area contributed by atoms with Gasteiger partial charge in [-0.1, -0.05) is 12.8 Å². The fraction of sp³-hybridized carbons (Fsp3) is 0.733. The number of fused-ring (bicyclic) bond motifs is 1. The van der Waals surface area contributed by atoms with Gasteiger partial charge in [0.25, 0.3) is 0 Å². The molecule has 0 aromatic rings. The summed E-state index contributed by atoms with van der Waals surface area (Å²) in [5, 5.41) is 10.1. The van der Waals surface area contributed by atoms with E-state index < -0.39 is 0 Å². The van der Waals surface area contributed by atoms with E-state index in [0.29, 0.717) is 12.1 Å². The van der Waals surface area contributed by atoms with E-state index in [0.717, 1.165) is 51.6 Å². The first-order valence-electron chi connectivity index (χ1n) is 7.41. The van der Waals surface area contributed by atoms with Crippen molar-refractivity contribution in [1.82, 2.24) is 4.90 Å². The Morgan fingerprint density at radius 3 is 2.16 bits per heavy atom. The Hall–Kier alpha value is -1.16. The van der Waals surface area contributed by atoms with Gasteiger partial charge in [0.05, 0.1) is 5.57 Å². The SMILES string of the molecule is O=C1C(O)=C(CN2CCCC2)C(=O)C2CCCCC12. The van der Waals surface area contributed by atoms with Gasteiger partial charge in [-0.25, -0.2) is 0 Å². The molecule has 0 radical (unpaired) electrons. The lowest BCUT2D eigenvalue weighted by molar-refractivity contribution is -0.134. The third-order valence-corrected chi connectivity index (χ3v) is 4.84. The molecule has 1 saturated carbocycles. The maximum atomic E-state index is 12.5. The van der Waals surface area contributed by atoms with Gasteiger partial charge < -0.3 is 5.11 Å². The molecular formula is C15H21NO3. The molecule has 0 aromatic heterocycles. The summed E-state index contributed by atoms with van der Waals surface area (Å²) in [7, 11) is 0.